The molecule has 1 fully saturated rings. The van der Waals surface area contributed by atoms with E-state index in [2.05, 4.69) is 22.8 Å². The van der Waals surface area contributed by atoms with E-state index < -0.39 is 0 Å². The van der Waals surface area contributed by atoms with Gasteiger partial charge in [-0.15, -0.1) is 11.8 Å². The molecule has 1 aliphatic rings. The second-order valence-corrected chi connectivity index (χ2v) is 7.59. The minimum Gasteiger partial charge on any atom is -0.383 e. The van der Waals surface area contributed by atoms with E-state index in [4.69, 9.17) is 9.72 Å². The van der Waals surface area contributed by atoms with E-state index in [0.29, 0.717) is 19.6 Å². The molecular formula is C21H23N3O2S. The number of amides is 1. The van der Waals surface area contributed by atoms with E-state index in [1.165, 1.54) is 0 Å². The summed E-state index contributed by atoms with van der Waals surface area (Å²) < 4.78 is 7.50. The molecule has 0 spiro atoms. The Bertz CT molecular complexity index is 969. The maximum absolute atomic E-state index is 12.8. The zero-order chi connectivity index (χ0) is 18.8. The molecule has 2 aromatic carbocycles. The third-order valence-electron chi connectivity index (χ3n) is 5.06. The van der Waals surface area contributed by atoms with Crippen LogP contribution in [-0.4, -0.2) is 42.0 Å². The molecule has 3 aromatic rings. The average molecular weight is 382 g/mol. The van der Waals surface area contributed by atoms with Crippen LogP contribution < -0.4 is 4.90 Å². The van der Waals surface area contributed by atoms with Crippen molar-refractivity contribution < 1.29 is 9.53 Å². The van der Waals surface area contributed by atoms with E-state index in [1.807, 2.05) is 41.5 Å². The van der Waals surface area contributed by atoms with Gasteiger partial charge in [0.1, 0.15) is 5.82 Å². The van der Waals surface area contributed by atoms with E-state index in [0.717, 1.165) is 34.0 Å². The number of aromatic nitrogens is 2. The molecule has 0 N–H and O–H groups in total. The van der Waals surface area contributed by atoms with Crippen LogP contribution in [0.25, 0.3) is 11.0 Å². The fraction of sp³-hybridized carbons (Fsp3) is 0.333. The van der Waals surface area contributed by atoms with Crippen LogP contribution >= 0.6 is 11.8 Å². The predicted molar refractivity (Wildman–Crippen MR) is 110 cm³/mol. The topological polar surface area (TPSA) is 47.4 Å². The molecule has 1 aliphatic heterocycles. The van der Waals surface area contributed by atoms with Gasteiger partial charge in [-0.3, -0.25) is 4.79 Å². The summed E-state index contributed by atoms with van der Waals surface area (Å²) in [7, 11) is 1.71. The molecule has 1 atom stereocenters. The minimum atomic E-state index is 0.0830. The van der Waals surface area contributed by atoms with Crippen LogP contribution in [0.5, 0.6) is 0 Å². The van der Waals surface area contributed by atoms with E-state index in [1.54, 1.807) is 18.9 Å². The summed E-state index contributed by atoms with van der Waals surface area (Å²) in [6.45, 7) is 2.01. The summed E-state index contributed by atoms with van der Waals surface area (Å²) in [5.74, 6) is 1.22. The molecule has 6 heteroatoms. The number of rotatable bonds is 6. The van der Waals surface area contributed by atoms with Crippen LogP contribution in [0.2, 0.25) is 0 Å². The van der Waals surface area contributed by atoms with Crippen LogP contribution in [0.15, 0.2) is 53.4 Å². The first-order chi connectivity index (χ1) is 13.2. The summed E-state index contributed by atoms with van der Waals surface area (Å²) in [6.07, 6.45) is 2.53. The first-order valence-electron chi connectivity index (χ1n) is 9.09. The van der Waals surface area contributed by atoms with Crippen molar-refractivity contribution in [2.24, 2.45) is 0 Å². The van der Waals surface area contributed by atoms with Gasteiger partial charge in [-0.05, 0) is 36.6 Å². The van der Waals surface area contributed by atoms with Crippen molar-refractivity contribution in [1.82, 2.24) is 9.55 Å². The number of thioether (sulfide) groups is 1. The lowest BCUT2D eigenvalue weighted by Crippen LogP contribution is -2.24. The Hall–Kier alpha value is -2.31. The Balaban J connectivity index is 1.67. The van der Waals surface area contributed by atoms with Gasteiger partial charge in [0, 0.05) is 43.1 Å². The fourth-order valence-electron chi connectivity index (χ4n) is 3.73. The van der Waals surface area contributed by atoms with Gasteiger partial charge in [-0.2, -0.15) is 0 Å². The molecule has 4 rings (SSSR count). The minimum absolute atomic E-state index is 0.0830. The number of hydrogen-bond donors (Lipinski definition) is 0. The molecule has 1 aromatic heterocycles. The van der Waals surface area contributed by atoms with Crippen molar-refractivity contribution in [2.75, 3.05) is 31.4 Å². The largest absolute Gasteiger partial charge is 0.383 e. The smallest absolute Gasteiger partial charge is 0.227 e. The lowest BCUT2D eigenvalue weighted by Gasteiger charge is -2.18. The number of carbonyl (C=O) groups is 1. The van der Waals surface area contributed by atoms with Gasteiger partial charge in [-0.25, -0.2) is 4.98 Å². The second-order valence-electron chi connectivity index (χ2n) is 6.71. The van der Waals surface area contributed by atoms with Crippen LogP contribution in [0.4, 0.5) is 5.69 Å². The van der Waals surface area contributed by atoms with Crippen molar-refractivity contribution in [3.8, 4) is 0 Å². The van der Waals surface area contributed by atoms with Crippen LogP contribution in [0.1, 0.15) is 18.2 Å². The molecule has 1 unspecified atom stereocenters. The maximum atomic E-state index is 12.8. The molecule has 5 nitrogen and oxygen atoms in total. The number of fused-ring (bicyclic) bond motifs is 1. The molecule has 1 saturated heterocycles. The Kier molecular flexibility index (Phi) is 5.18. The second kappa shape index (κ2) is 7.74. The molecule has 0 bridgehead atoms. The Morgan fingerprint density at radius 3 is 2.89 bits per heavy atom. The average Bonchev–Trinajstić information content (AvgIpc) is 3.27. The SMILES string of the molecule is COCCn1c(C2CC(=O)N(c3cccc(SC)c3)C2)nc2ccccc21. The standard InChI is InChI=1S/C21H23N3O2S/c1-26-11-10-23-19-9-4-3-8-18(19)22-21(23)15-12-20(25)24(14-15)16-6-5-7-17(13-16)27-2/h3-9,13,15H,10-12,14H2,1-2H3. The molecule has 0 radical (unpaired) electrons. The van der Waals surface area contributed by atoms with Crippen molar-refractivity contribution in [3.05, 3.63) is 54.4 Å². The molecule has 1 amide bonds. The zero-order valence-corrected chi connectivity index (χ0v) is 16.4. The van der Waals surface area contributed by atoms with Gasteiger partial charge in [-0.1, -0.05) is 18.2 Å². The highest BCUT2D eigenvalue weighted by atomic mass is 32.2. The molecular weight excluding hydrogens is 358 g/mol. The monoisotopic (exact) mass is 381 g/mol. The molecule has 27 heavy (non-hydrogen) atoms. The number of imidazole rings is 1. The third-order valence-corrected chi connectivity index (χ3v) is 5.78. The Morgan fingerprint density at radius 1 is 1.22 bits per heavy atom. The maximum Gasteiger partial charge on any atom is 0.227 e. The van der Waals surface area contributed by atoms with E-state index >= 15 is 0 Å². The zero-order valence-electron chi connectivity index (χ0n) is 15.6. The summed E-state index contributed by atoms with van der Waals surface area (Å²) in [5, 5.41) is 0. The fourth-order valence-corrected chi connectivity index (χ4v) is 4.19. The lowest BCUT2D eigenvalue weighted by atomic mass is 10.1. The molecule has 2 heterocycles. The summed E-state index contributed by atoms with van der Waals surface area (Å²) in [6, 6.07) is 16.3. The summed E-state index contributed by atoms with van der Waals surface area (Å²) in [5.41, 5.74) is 3.03. The number of carbonyl (C=O) groups excluding carboxylic acids is 1. The molecule has 0 aliphatic carbocycles. The van der Waals surface area contributed by atoms with Crippen molar-refractivity contribution in [1.29, 1.82) is 0 Å². The number of para-hydroxylation sites is 2. The van der Waals surface area contributed by atoms with Crippen LogP contribution in [0, 0.1) is 0 Å². The number of hydrogen-bond acceptors (Lipinski definition) is 4. The van der Waals surface area contributed by atoms with Crippen molar-refractivity contribution in [3.63, 3.8) is 0 Å². The van der Waals surface area contributed by atoms with E-state index in [-0.39, 0.29) is 11.8 Å². The number of nitrogens with zero attached hydrogens (tertiary/aromatic N) is 3. The number of methoxy groups -OCH3 is 1. The van der Waals surface area contributed by atoms with Gasteiger partial charge in [0.2, 0.25) is 5.91 Å². The number of benzene rings is 2. The number of anilines is 1. The van der Waals surface area contributed by atoms with Crippen LogP contribution in [0.3, 0.4) is 0 Å². The third kappa shape index (κ3) is 3.47. The van der Waals surface area contributed by atoms with Crippen molar-refractivity contribution in [2.45, 2.75) is 23.8 Å². The highest BCUT2D eigenvalue weighted by Gasteiger charge is 2.34. The lowest BCUT2D eigenvalue weighted by molar-refractivity contribution is -0.117. The van der Waals surface area contributed by atoms with Gasteiger partial charge in [0.25, 0.3) is 0 Å². The normalized spacial score (nSPS) is 17.2. The summed E-state index contributed by atoms with van der Waals surface area (Å²) in [4.78, 5) is 20.7. The highest BCUT2D eigenvalue weighted by Crippen LogP contribution is 2.34. The van der Waals surface area contributed by atoms with Gasteiger partial charge < -0.3 is 14.2 Å². The first-order valence-corrected chi connectivity index (χ1v) is 10.3. The highest BCUT2D eigenvalue weighted by molar-refractivity contribution is 7.98. The van der Waals surface area contributed by atoms with Gasteiger partial charge in [0.05, 0.1) is 17.6 Å². The quantitative estimate of drug-likeness (QED) is 0.607. The van der Waals surface area contributed by atoms with Crippen molar-refractivity contribution >= 4 is 34.4 Å². The Labute approximate surface area is 163 Å². The Morgan fingerprint density at radius 2 is 2.07 bits per heavy atom. The van der Waals surface area contributed by atoms with Gasteiger partial charge in [0.15, 0.2) is 0 Å². The summed E-state index contributed by atoms with van der Waals surface area (Å²) >= 11 is 1.69. The molecule has 140 valence electrons. The number of ether oxygens (including phenoxy) is 1. The molecule has 0 saturated carbocycles. The first kappa shape index (κ1) is 18.1. The predicted octanol–water partition coefficient (Wildman–Crippen LogP) is 3.93. The van der Waals surface area contributed by atoms with E-state index in [9.17, 15) is 4.79 Å². The van der Waals surface area contributed by atoms with Gasteiger partial charge >= 0.3 is 0 Å². The van der Waals surface area contributed by atoms with Crippen LogP contribution in [-0.2, 0) is 16.1 Å².